The van der Waals surface area contributed by atoms with E-state index in [2.05, 4.69) is 41.6 Å². The van der Waals surface area contributed by atoms with Gasteiger partial charge in [0.25, 0.3) is 0 Å². The van der Waals surface area contributed by atoms with Crippen molar-refractivity contribution in [2.24, 2.45) is 5.92 Å². The highest BCUT2D eigenvalue weighted by molar-refractivity contribution is 6.35. The summed E-state index contributed by atoms with van der Waals surface area (Å²) in [7, 11) is 0. The molecule has 4 heteroatoms. The first kappa shape index (κ1) is 16.3. The highest BCUT2D eigenvalue weighted by Crippen LogP contribution is 2.46. The molecule has 1 fully saturated rings. The van der Waals surface area contributed by atoms with Gasteiger partial charge in [0.05, 0.1) is 16.2 Å². The molecule has 1 atom stereocenters. The number of rotatable bonds is 1. The van der Waals surface area contributed by atoms with Crippen molar-refractivity contribution in [3.63, 3.8) is 0 Å². The lowest BCUT2D eigenvalue weighted by atomic mass is 9.75. The Morgan fingerprint density at radius 2 is 1.96 bits per heavy atom. The molecule has 1 aliphatic heterocycles. The van der Waals surface area contributed by atoms with Crippen LogP contribution in [0.25, 0.3) is 10.9 Å². The molecule has 3 nitrogen and oxygen atoms in total. The summed E-state index contributed by atoms with van der Waals surface area (Å²) in [6, 6.07) is 6.55. The molecule has 26 heavy (non-hydrogen) atoms. The Bertz CT molecular complexity index is 969. The zero-order chi connectivity index (χ0) is 17.7. The number of pyridine rings is 1. The summed E-state index contributed by atoms with van der Waals surface area (Å²) >= 11 is 6.65. The van der Waals surface area contributed by atoms with Gasteiger partial charge in [0, 0.05) is 23.7 Å². The molecule has 0 bridgehead atoms. The van der Waals surface area contributed by atoms with E-state index in [4.69, 9.17) is 16.6 Å². The quantitative estimate of drug-likeness (QED) is 0.653. The second-order valence-electron chi connectivity index (χ2n) is 7.77. The highest BCUT2D eigenvalue weighted by Gasteiger charge is 2.34. The fourth-order valence-corrected chi connectivity index (χ4v) is 5.35. The molecule has 0 unspecified atom stereocenters. The van der Waals surface area contributed by atoms with Gasteiger partial charge in [-0.05, 0) is 86.0 Å². The Labute approximate surface area is 159 Å². The Kier molecular flexibility index (Phi) is 4.02. The zero-order valence-corrected chi connectivity index (χ0v) is 15.9. The average molecular weight is 366 g/mol. The van der Waals surface area contributed by atoms with Crippen LogP contribution in [0.4, 0.5) is 0 Å². The lowest BCUT2D eigenvalue weighted by Gasteiger charge is -2.32. The minimum absolute atomic E-state index is 0.361. The summed E-state index contributed by atoms with van der Waals surface area (Å²) in [6.45, 7) is 4.39. The van der Waals surface area contributed by atoms with Crippen molar-refractivity contribution in [2.75, 3.05) is 13.1 Å². The van der Waals surface area contributed by atoms with E-state index in [0.29, 0.717) is 11.8 Å². The molecular formula is C22H24ClN3. The fraction of sp³-hybridized carbons (Fsp3) is 0.409. The van der Waals surface area contributed by atoms with Crippen LogP contribution in [0.15, 0.2) is 30.6 Å². The monoisotopic (exact) mass is 365 g/mol. The minimum Gasteiger partial charge on any atom is -0.360 e. The Hall–Kier alpha value is -1.84. The number of nitrogens with one attached hydrogen (secondary N) is 2. The molecule has 2 aliphatic rings. The van der Waals surface area contributed by atoms with Crippen LogP contribution in [-0.2, 0) is 12.8 Å². The number of benzene rings is 1. The SMILES string of the molecule is Cc1c[nH]c2c(Cl)cc3c(c12)[C@H](C1CCNCC1)c1ncccc1CC3. The van der Waals surface area contributed by atoms with E-state index in [1.807, 2.05) is 6.20 Å². The maximum Gasteiger partial charge on any atom is 0.0650 e. The van der Waals surface area contributed by atoms with E-state index < -0.39 is 0 Å². The van der Waals surface area contributed by atoms with Gasteiger partial charge in [-0.1, -0.05) is 17.7 Å². The van der Waals surface area contributed by atoms with E-state index in [0.717, 1.165) is 36.5 Å². The van der Waals surface area contributed by atoms with E-state index in [1.165, 1.54) is 46.2 Å². The number of hydrogen-bond acceptors (Lipinski definition) is 2. The third-order valence-electron chi connectivity index (χ3n) is 6.28. The number of aryl methyl sites for hydroxylation is 3. The van der Waals surface area contributed by atoms with Gasteiger partial charge in [-0.15, -0.1) is 0 Å². The van der Waals surface area contributed by atoms with E-state index in [1.54, 1.807) is 0 Å². The molecule has 0 spiro atoms. The first-order chi connectivity index (χ1) is 12.7. The van der Waals surface area contributed by atoms with Crippen molar-refractivity contribution in [3.8, 4) is 0 Å². The van der Waals surface area contributed by atoms with E-state index in [-0.39, 0.29) is 0 Å². The maximum absolute atomic E-state index is 6.65. The van der Waals surface area contributed by atoms with Crippen LogP contribution in [0.1, 0.15) is 46.7 Å². The summed E-state index contributed by atoms with van der Waals surface area (Å²) < 4.78 is 0. The van der Waals surface area contributed by atoms with Crippen molar-refractivity contribution in [1.29, 1.82) is 0 Å². The van der Waals surface area contributed by atoms with Crippen molar-refractivity contribution in [1.82, 2.24) is 15.3 Å². The van der Waals surface area contributed by atoms with Gasteiger partial charge in [-0.25, -0.2) is 0 Å². The summed E-state index contributed by atoms with van der Waals surface area (Å²) in [5, 5.41) is 5.69. The summed E-state index contributed by atoms with van der Waals surface area (Å²) in [6.07, 6.45) is 8.55. The number of H-pyrrole nitrogens is 1. The van der Waals surface area contributed by atoms with Crippen molar-refractivity contribution in [2.45, 2.75) is 38.5 Å². The average Bonchev–Trinajstić information content (AvgIpc) is 2.98. The molecule has 2 aromatic heterocycles. The molecule has 3 heterocycles. The standard InChI is InChI=1S/C22H24ClN3/c1-13-12-26-22-17(23)11-16-5-4-15-3-2-8-25-21(15)20(19(16)18(13)22)14-6-9-24-10-7-14/h2-3,8,11-12,14,20,24,26H,4-7,9-10H2,1H3/t20-/m0/s1. The molecule has 3 aromatic rings. The lowest BCUT2D eigenvalue weighted by Crippen LogP contribution is -2.32. The third-order valence-corrected chi connectivity index (χ3v) is 6.58. The molecule has 0 amide bonds. The highest BCUT2D eigenvalue weighted by atomic mass is 35.5. The van der Waals surface area contributed by atoms with Gasteiger partial charge in [0.1, 0.15) is 0 Å². The second kappa shape index (κ2) is 6.40. The summed E-state index contributed by atoms with van der Waals surface area (Å²) in [4.78, 5) is 8.32. The normalized spacial score (nSPS) is 20.6. The van der Waals surface area contributed by atoms with Crippen LogP contribution in [0, 0.1) is 12.8 Å². The molecular weight excluding hydrogens is 342 g/mol. The van der Waals surface area contributed by atoms with Gasteiger partial charge in [0.2, 0.25) is 0 Å². The molecule has 5 rings (SSSR count). The number of halogens is 1. The number of fused-ring (bicyclic) bond motifs is 4. The van der Waals surface area contributed by atoms with Gasteiger partial charge in [0.15, 0.2) is 0 Å². The van der Waals surface area contributed by atoms with Gasteiger partial charge < -0.3 is 10.3 Å². The number of piperidine rings is 1. The molecule has 1 saturated heterocycles. The molecule has 1 aliphatic carbocycles. The smallest absolute Gasteiger partial charge is 0.0650 e. The Morgan fingerprint density at radius 3 is 2.81 bits per heavy atom. The van der Waals surface area contributed by atoms with Crippen LogP contribution in [0.3, 0.4) is 0 Å². The Balaban J connectivity index is 1.82. The predicted molar refractivity (Wildman–Crippen MR) is 107 cm³/mol. The van der Waals surface area contributed by atoms with Gasteiger partial charge in [-0.3, -0.25) is 4.98 Å². The van der Waals surface area contributed by atoms with Crippen LogP contribution in [0.5, 0.6) is 0 Å². The van der Waals surface area contributed by atoms with Crippen molar-refractivity contribution in [3.05, 3.63) is 63.6 Å². The van der Waals surface area contributed by atoms with E-state index in [9.17, 15) is 0 Å². The number of nitrogens with zero attached hydrogens (tertiary/aromatic N) is 1. The third kappa shape index (κ3) is 2.49. The van der Waals surface area contributed by atoms with Crippen LogP contribution in [-0.4, -0.2) is 23.1 Å². The van der Waals surface area contributed by atoms with Gasteiger partial charge >= 0.3 is 0 Å². The topological polar surface area (TPSA) is 40.7 Å². The first-order valence-corrected chi connectivity index (χ1v) is 10.1. The predicted octanol–water partition coefficient (Wildman–Crippen LogP) is 4.75. The van der Waals surface area contributed by atoms with Crippen molar-refractivity contribution >= 4 is 22.5 Å². The number of aromatic amines is 1. The van der Waals surface area contributed by atoms with Crippen LogP contribution >= 0.6 is 11.6 Å². The minimum atomic E-state index is 0.361. The second-order valence-corrected chi connectivity index (χ2v) is 8.17. The Morgan fingerprint density at radius 1 is 1.15 bits per heavy atom. The van der Waals surface area contributed by atoms with E-state index >= 15 is 0 Å². The number of hydrogen-bond donors (Lipinski definition) is 2. The molecule has 0 saturated carbocycles. The molecule has 2 N–H and O–H groups in total. The van der Waals surface area contributed by atoms with Crippen molar-refractivity contribution < 1.29 is 0 Å². The summed E-state index contributed by atoms with van der Waals surface area (Å²) in [5.74, 6) is 0.987. The van der Waals surface area contributed by atoms with Crippen LogP contribution < -0.4 is 5.32 Å². The summed E-state index contributed by atoms with van der Waals surface area (Å²) in [5.41, 5.74) is 7.96. The van der Waals surface area contributed by atoms with Crippen LogP contribution in [0.2, 0.25) is 5.02 Å². The van der Waals surface area contributed by atoms with Gasteiger partial charge in [-0.2, -0.15) is 0 Å². The molecule has 1 aromatic carbocycles. The largest absolute Gasteiger partial charge is 0.360 e. The maximum atomic E-state index is 6.65. The number of aromatic nitrogens is 2. The molecule has 134 valence electrons. The zero-order valence-electron chi connectivity index (χ0n) is 15.1. The fourth-order valence-electron chi connectivity index (χ4n) is 5.07. The first-order valence-electron chi connectivity index (χ1n) is 9.67. The molecule has 0 radical (unpaired) electrons. The lowest BCUT2D eigenvalue weighted by molar-refractivity contribution is 0.339.